The van der Waals surface area contributed by atoms with Gasteiger partial charge in [0.1, 0.15) is 0 Å². The van der Waals surface area contributed by atoms with Crippen molar-refractivity contribution >= 4 is 47.1 Å². The third kappa shape index (κ3) is 5.21. The van der Waals surface area contributed by atoms with Crippen LogP contribution in [0.1, 0.15) is 31.4 Å². The molecule has 0 spiro atoms. The standard InChI is InChI=1S/C17H21N3OS2.ClH/c1-11-10-22-17(19-11)23-14-7-5-13(6-8-14)20-16(21)9-12-3-2-4-15(12)18;/h5-8,10,12,15H,2-4,9,18H2,1H3,(H,20,21);1H/t12-,15+;/m0./s1. The molecule has 2 atom stereocenters. The Balaban J connectivity index is 0.00000208. The van der Waals surface area contributed by atoms with Crippen LogP contribution in [-0.2, 0) is 4.79 Å². The highest BCUT2D eigenvalue weighted by atomic mass is 35.5. The summed E-state index contributed by atoms with van der Waals surface area (Å²) in [6.07, 6.45) is 3.77. The summed E-state index contributed by atoms with van der Waals surface area (Å²) in [6.45, 7) is 2.00. The van der Waals surface area contributed by atoms with Gasteiger partial charge in [0.2, 0.25) is 5.91 Å². The number of hydrogen-bond donors (Lipinski definition) is 2. The molecule has 1 saturated carbocycles. The van der Waals surface area contributed by atoms with E-state index in [1.165, 1.54) is 0 Å². The number of carbonyl (C=O) groups excluding carboxylic acids is 1. The van der Waals surface area contributed by atoms with E-state index in [9.17, 15) is 4.79 Å². The van der Waals surface area contributed by atoms with Gasteiger partial charge in [-0.3, -0.25) is 4.79 Å². The number of aryl methyl sites for hydroxylation is 1. The van der Waals surface area contributed by atoms with Gasteiger partial charge in [0.25, 0.3) is 0 Å². The van der Waals surface area contributed by atoms with Gasteiger partial charge in [-0.05, 0) is 49.9 Å². The predicted octanol–water partition coefficient (Wildman–Crippen LogP) is 4.48. The van der Waals surface area contributed by atoms with E-state index in [-0.39, 0.29) is 24.4 Å². The maximum atomic E-state index is 12.1. The first kappa shape index (κ1) is 19.2. The maximum absolute atomic E-state index is 12.1. The molecule has 1 heterocycles. The average Bonchev–Trinajstić information content (AvgIpc) is 3.10. The third-order valence-corrected chi connectivity index (χ3v) is 6.17. The van der Waals surface area contributed by atoms with E-state index in [0.29, 0.717) is 12.3 Å². The first-order chi connectivity index (χ1) is 11.1. The molecule has 1 fully saturated rings. The SMILES string of the molecule is Cc1csc(Sc2ccc(NC(=O)C[C@@H]3CCC[C@H]3N)cc2)n1.Cl. The van der Waals surface area contributed by atoms with Crippen LogP contribution in [-0.4, -0.2) is 16.9 Å². The Hall–Kier alpha value is -1.08. The number of aromatic nitrogens is 1. The van der Waals surface area contributed by atoms with Gasteiger partial charge in [0.05, 0.1) is 0 Å². The second kappa shape index (κ2) is 8.85. The quantitative estimate of drug-likeness (QED) is 0.798. The van der Waals surface area contributed by atoms with Gasteiger partial charge in [-0.15, -0.1) is 23.7 Å². The lowest BCUT2D eigenvalue weighted by molar-refractivity contribution is -0.117. The Morgan fingerprint density at radius 3 is 2.71 bits per heavy atom. The van der Waals surface area contributed by atoms with E-state index in [1.54, 1.807) is 23.1 Å². The maximum Gasteiger partial charge on any atom is 0.224 e. The summed E-state index contributed by atoms with van der Waals surface area (Å²) < 4.78 is 1.04. The zero-order chi connectivity index (χ0) is 16.2. The van der Waals surface area contributed by atoms with Crippen molar-refractivity contribution in [2.75, 3.05) is 5.32 Å². The van der Waals surface area contributed by atoms with Crippen molar-refractivity contribution in [3.63, 3.8) is 0 Å². The fourth-order valence-electron chi connectivity index (χ4n) is 2.86. The predicted molar refractivity (Wildman–Crippen MR) is 103 cm³/mol. The molecule has 130 valence electrons. The summed E-state index contributed by atoms with van der Waals surface area (Å²) in [5.74, 6) is 0.390. The van der Waals surface area contributed by atoms with Gasteiger partial charge in [-0.2, -0.15) is 0 Å². The number of carbonyl (C=O) groups is 1. The Morgan fingerprint density at radius 2 is 2.12 bits per heavy atom. The van der Waals surface area contributed by atoms with Crippen LogP contribution in [0, 0.1) is 12.8 Å². The van der Waals surface area contributed by atoms with E-state index in [0.717, 1.165) is 39.9 Å². The van der Waals surface area contributed by atoms with Crippen LogP contribution in [0.2, 0.25) is 0 Å². The average molecular weight is 384 g/mol. The summed E-state index contributed by atoms with van der Waals surface area (Å²) >= 11 is 3.29. The highest BCUT2D eigenvalue weighted by Gasteiger charge is 2.25. The number of nitrogens with two attached hydrogens (primary N) is 1. The fraction of sp³-hybridized carbons (Fsp3) is 0.412. The molecule has 7 heteroatoms. The van der Waals surface area contributed by atoms with E-state index < -0.39 is 0 Å². The number of rotatable bonds is 5. The molecule has 3 N–H and O–H groups in total. The van der Waals surface area contributed by atoms with Crippen LogP contribution in [0.4, 0.5) is 5.69 Å². The van der Waals surface area contributed by atoms with E-state index in [4.69, 9.17) is 5.73 Å². The number of benzene rings is 1. The molecule has 0 saturated heterocycles. The first-order valence-electron chi connectivity index (χ1n) is 7.85. The molecule has 1 aromatic heterocycles. The molecular formula is C17H22ClN3OS2. The van der Waals surface area contributed by atoms with Crippen molar-refractivity contribution < 1.29 is 4.79 Å². The van der Waals surface area contributed by atoms with Crippen LogP contribution in [0.25, 0.3) is 0 Å². The molecular weight excluding hydrogens is 362 g/mol. The summed E-state index contributed by atoms with van der Waals surface area (Å²) in [6, 6.07) is 8.09. The zero-order valence-electron chi connectivity index (χ0n) is 13.5. The van der Waals surface area contributed by atoms with Gasteiger partial charge in [0.15, 0.2) is 4.34 Å². The summed E-state index contributed by atoms with van der Waals surface area (Å²) in [5.41, 5.74) is 7.91. The molecule has 1 aliphatic rings. The molecule has 4 nitrogen and oxygen atoms in total. The molecule has 0 unspecified atom stereocenters. The van der Waals surface area contributed by atoms with Gasteiger partial charge in [0, 0.05) is 34.1 Å². The van der Waals surface area contributed by atoms with Gasteiger partial charge >= 0.3 is 0 Å². The number of nitrogens with zero attached hydrogens (tertiary/aromatic N) is 1. The number of hydrogen-bond acceptors (Lipinski definition) is 5. The topological polar surface area (TPSA) is 68.0 Å². The van der Waals surface area contributed by atoms with Crippen LogP contribution in [0.3, 0.4) is 0 Å². The molecule has 1 aliphatic carbocycles. The molecule has 0 radical (unpaired) electrons. The van der Waals surface area contributed by atoms with E-state index >= 15 is 0 Å². The lowest BCUT2D eigenvalue weighted by Crippen LogP contribution is -2.28. The molecule has 1 aromatic carbocycles. The Bertz CT molecular complexity index is 675. The van der Waals surface area contributed by atoms with Gasteiger partial charge in [-0.1, -0.05) is 18.2 Å². The van der Waals surface area contributed by atoms with Gasteiger partial charge in [-0.25, -0.2) is 4.98 Å². The highest BCUT2D eigenvalue weighted by molar-refractivity contribution is 8.01. The second-order valence-corrected chi connectivity index (χ2v) is 8.17. The lowest BCUT2D eigenvalue weighted by Gasteiger charge is -2.14. The number of anilines is 1. The first-order valence-corrected chi connectivity index (χ1v) is 9.55. The normalized spacial score (nSPS) is 19.8. The Labute approximate surface area is 157 Å². The minimum absolute atomic E-state index is 0. The van der Waals surface area contributed by atoms with Crippen molar-refractivity contribution in [1.29, 1.82) is 0 Å². The van der Waals surface area contributed by atoms with Crippen LogP contribution in [0.15, 0.2) is 38.9 Å². The van der Waals surface area contributed by atoms with Crippen molar-refractivity contribution in [2.45, 2.75) is 47.9 Å². The van der Waals surface area contributed by atoms with Crippen LogP contribution in [0.5, 0.6) is 0 Å². The largest absolute Gasteiger partial charge is 0.327 e. The smallest absolute Gasteiger partial charge is 0.224 e. The molecule has 1 amide bonds. The lowest BCUT2D eigenvalue weighted by atomic mass is 10.00. The third-order valence-electron chi connectivity index (χ3n) is 4.11. The molecule has 2 aromatic rings. The highest BCUT2D eigenvalue weighted by Crippen LogP contribution is 2.31. The number of amides is 1. The monoisotopic (exact) mass is 383 g/mol. The second-order valence-electron chi connectivity index (χ2n) is 5.99. The minimum Gasteiger partial charge on any atom is -0.327 e. The summed E-state index contributed by atoms with van der Waals surface area (Å²) in [4.78, 5) is 17.7. The molecule has 3 rings (SSSR count). The summed E-state index contributed by atoms with van der Waals surface area (Å²) in [7, 11) is 0. The van der Waals surface area contributed by atoms with Gasteiger partial charge < -0.3 is 11.1 Å². The zero-order valence-corrected chi connectivity index (χ0v) is 16.0. The Morgan fingerprint density at radius 1 is 1.38 bits per heavy atom. The van der Waals surface area contributed by atoms with Crippen molar-refractivity contribution in [3.05, 3.63) is 35.3 Å². The Kier molecular flexibility index (Phi) is 7.10. The minimum atomic E-state index is 0. The van der Waals surface area contributed by atoms with Crippen molar-refractivity contribution in [2.24, 2.45) is 11.7 Å². The molecule has 0 aliphatic heterocycles. The van der Waals surface area contributed by atoms with E-state index in [1.807, 2.05) is 36.6 Å². The van der Waals surface area contributed by atoms with Crippen LogP contribution >= 0.6 is 35.5 Å². The van der Waals surface area contributed by atoms with E-state index in [2.05, 4.69) is 10.3 Å². The number of thiazole rings is 1. The fourth-order valence-corrected chi connectivity index (χ4v) is 4.67. The van der Waals surface area contributed by atoms with Crippen molar-refractivity contribution in [1.82, 2.24) is 4.98 Å². The summed E-state index contributed by atoms with van der Waals surface area (Å²) in [5, 5.41) is 5.01. The molecule has 0 bridgehead atoms. The number of nitrogens with one attached hydrogen (secondary N) is 1. The number of halogens is 1. The van der Waals surface area contributed by atoms with Crippen LogP contribution < -0.4 is 11.1 Å². The van der Waals surface area contributed by atoms with Crippen molar-refractivity contribution in [3.8, 4) is 0 Å². The molecule has 24 heavy (non-hydrogen) atoms.